The van der Waals surface area contributed by atoms with Gasteiger partial charge in [-0.3, -0.25) is 4.79 Å². The number of carbonyl (C=O) groups is 1. The molecule has 0 spiro atoms. The van der Waals surface area contributed by atoms with Crippen LogP contribution in [0.5, 0.6) is 0 Å². The van der Waals surface area contributed by atoms with Crippen LogP contribution < -0.4 is 16.4 Å². The van der Waals surface area contributed by atoms with Crippen LogP contribution in [0, 0.1) is 5.92 Å². The molecule has 1 aromatic rings. The first-order valence-electron chi connectivity index (χ1n) is 7.14. The van der Waals surface area contributed by atoms with Gasteiger partial charge in [0, 0.05) is 25.3 Å². The Morgan fingerprint density at radius 3 is 2.70 bits per heavy atom. The molecule has 1 unspecified atom stereocenters. The van der Waals surface area contributed by atoms with E-state index in [0.717, 1.165) is 25.1 Å². The zero-order valence-corrected chi connectivity index (χ0v) is 12.3. The van der Waals surface area contributed by atoms with Gasteiger partial charge in [-0.2, -0.15) is 0 Å². The first-order chi connectivity index (χ1) is 9.62. The minimum absolute atomic E-state index is 0.113. The van der Waals surface area contributed by atoms with Crippen LogP contribution >= 0.6 is 0 Å². The van der Waals surface area contributed by atoms with E-state index in [1.165, 1.54) is 0 Å². The lowest BCUT2D eigenvalue weighted by molar-refractivity contribution is 0.0956. The molecule has 0 aromatic heterocycles. The molecule has 0 radical (unpaired) electrons. The summed E-state index contributed by atoms with van der Waals surface area (Å²) in [4.78, 5) is 11.7. The SMILES string of the molecule is CCNC(=O)c1ccc(NCC(CC)CCO)c(N)c1. The Hall–Kier alpha value is -1.75. The molecule has 1 aromatic carbocycles. The Kier molecular flexibility index (Phi) is 6.87. The summed E-state index contributed by atoms with van der Waals surface area (Å²) in [5.74, 6) is 0.305. The normalized spacial score (nSPS) is 11.9. The summed E-state index contributed by atoms with van der Waals surface area (Å²) in [6.45, 7) is 5.54. The van der Waals surface area contributed by atoms with E-state index in [-0.39, 0.29) is 12.5 Å². The highest BCUT2D eigenvalue weighted by Gasteiger charge is 2.09. The lowest BCUT2D eigenvalue weighted by Crippen LogP contribution is -2.23. The van der Waals surface area contributed by atoms with Gasteiger partial charge in [0.2, 0.25) is 0 Å². The van der Waals surface area contributed by atoms with Crippen molar-refractivity contribution < 1.29 is 9.90 Å². The van der Waals surface area contributed by atoms with Gasteiger partial charge in [0.15, 0.2) is 0 Å². The van der Waals surface area contributed by atoms with E-state index in [1.54, 1.807) is 12.1 Å². The highest BCUT2D eigenvalue weighted by atomic mass is 16.3. The molecule has 0 fully saturated rings. The van der Waals surface area contributed by atoms with E-state index in [4.69, 9.17) is 10.8 Å². The molecule has 0 aliphatic rings. The van der Waals surface area contributed by atoms with Gasteiger partial charge in [-0.05, 0) is 37.5 Å². The molecule has 0 saturated carbocycles. The summed E-state index contributed by atoms with van der Waals surface area (Å²) < 4.78 is 0. The van der Waals surface area contributed by atoms with E-state index in [2.05, 4.69) is 17.6 Å². The molecule has 5 nitrogen and oxygen atoms in total. The van der Waals surface area contributed by atoms with Crippen LogP contribution in [0.4, 0.5) is 11.4 Å². The monoisotopic (exact) mass is 279 g/mol. The van der Waals surface area contributed by atoms with Crippen molar-refractivity contribution in [1.29, 1.82) is 0 Å². The number of carbonyl (C=O) groups excluding carboxylic acids is 1. The molecule has 0 saturated heterocycles. The fourth-order valence-corrected chi connectivity index (χ4v) is 2.01. The van der Waals surface area contributed by atoms with Gasteiger partial charge in [0.1, 0.15) is 0 Å². The first kappa shape index (κ1) is 16.3. The average molecular weight is 279 g/mol. The van der Waals surface area contributed by atoms with Crippen molar-refractivity contribution in [2.75, 3.05) is 30.7 Å². The van der Waals surface area contributed by atoms with Crippen LogP contribution in [0.2, 0.25) is 0 Å². The van der Waals surface area contributed by atoms with Crippen molar-refractivity contribution in [1.82, 2.24) is 5.32 Å². The highest BCUT2D eigenvalue weighted by molar-refractivity contribution is 5.96. The van der Waals surface area contributed by atoms with Crippen LogP contribution in [-0.2, 0) is 0 Å². The Morgan fingerprint density at radius 1 is 1.40 bits per heavy atom. The van der Waals surface area contributed by atoms with E-state index in [0.29, 0.717) is 23.7 Å². The van der Waals surface area contributed by atoms with Crippen molar-refractivity contribution in [3.8, 4) is 0 Å². The molecular weight excluding hydrogens is 254 g/mol. The van der Waals surface area contributed by atoms with Gasteiger partial charge in [0.25, 0.3) is 5.91 Å². The second-order valence-electron chi connectivity index (χ2n) is 4.83. The number of amides is 1. The zero-order chi connectivity index (χ0) is 15.0. The molecule has 0 bridgehead atoms. The number of nitrogens with one attached hydrogen (secondary N) is 2. The summed E-state index contributed by atoms with van der Waals surface area (Å²) in [7, 11) is 0. The topological polar surface area (TPSA) is 87.4 Å². The van der Waals surface area contributed by atoms with E-state index in [1.807, 2.05) is 13.0 Å². The van der Waals surface area contributed by atoms with Gasteiger partial charge >= 0.3 is 0 Å². The maximum absolute atomic E-state index is 11.7. The average Bonchev–Trinajstić information content (AvgIpc) is 2.44. The number of aliphatic hydroxyl groups excluding tert-OH is 1. The lowest BCUT2D eigenvalue weighted by atomic mass is 10.0. The van der Waals surface area contributed by atoms with Gasteiger partial charge in [-0.25, -0.2) is 0 Å². The number of benzene rings is 1. The molecule has 1 atom stereocenters. The third kappa shape index (κ3) is 4.74. The minimum atomic E-state index is -0.113. The van der Waals surface area contributed by atoms with E-state index in [9.17, 15) is 4.79 Å². The minimum Gasteiger partial charge on any atom is -0.397 e. The van der Waals surface area contributed by atoms with Crippen LogP contribution in [0.25, 0.3) is 0 Å². The van der Waals surface area contributed by atoms with Crippen molar-refractivity contribution in [2.45, 2.75) is 26.7 Å². The summed E-state index contributed by atoms with van der Waals surface area (Å²) >= 11 is 0. The van der Waals surface area contributed by atoms with Gasteiger partial charge < -0.3 is 21.5 Å². The Bertz CT molecular complexity index is 435. The number of nitrogens with two attached hydrogens (primary N) is 1. The molecule has 0 aliphatic carbocycles. The maximum atomic E-state index is 11.7. The predicted octanol–water partition coefficient (Wildman–Crippen LogP) is 1.84. The third-order valence-corrected chi connectivity index (χ3v) is 3.35. The smallest absolute Gasteiger partial charge is 0.251 e. The molecule has 0 heterocycles. The van der Waals surface area contributed by atoms with Crippen LogP contribution in [0.15, 0.2) is 18.2 Å². The molecule has 5 N–H and O–H groups in total. The fourth-order valence-electron chi connectivity index (χ4n) is 2.01. The number of hydrogen-bond donors (Lipinski definition) is 4. The summed E-state index contributed by atoms with van der Waals surface area (Å²) in [6.07, 6.45) is 1.78. The summed E-state index contributed by atoms with van der Waals surface area (Å²) in [6, 6.07) is 5.27. The maximum Gasteiger partial charge on any atom is 0.251 e. The standard InChI is InChI=1S/C15H25N3O2/c1-3-11(7-8-19)10-18-14-6-5-12(9-13(14)16)15(20)17-4-2/h5-6,9,11,18-19H,3-4,7-8,10,16H2,1-2H3,(H,17,20). The molecule has 20 heavy (non-hydrogen) atoms. The zero-order valence-electron chi connectivity index (χ0n) is 12.3. The van der Waals surface area contributed by atoms with Crippen LogP contribution in [-0.4, -0.2) is 30.7 Å². The molecule has 112 valence electrons. The highest BCUT2D eigenvalue weighted by Crippen LogP contribution is 2.21. The largest absolute Gasteiger partial charge is 0.397 e. The number of anilines is 2. The van der Waals surface area contributed by atoms with Crippen LogP contribution in [0.3, 0.4) is 0 Å². The molecular formula is C15H25N3O2. The fraction of sp³-hybridized carbons (Fsp3) is 0.533. The van der Waals surface area contributed by atoms with Crippen LogP contribution in [0.1, 0.15) is 37.0 Å². The number of aliphatic hydroxyl groups is 1. The van der Waals surface area contributed by atoms with Gasteiger partial charge in [0.05, 0.1) is 11.4 Å². The molecule has 1 rings (SSSR count). The van der Waals surface area contributed by atoms with E-state index >= 15 is 0 Å². The van der Waals surface area contributed by atoms with Gasteiger partial charge in [-0.1, -0.05) is 13.3 Å². The lowest BCUT2D eigenvalue weighted by Gasteiger charge is -2.16. The van der Waals surface area contributed by atoms with Crippen molar-refractivity contribution in [3.63, 3.8) is 0 Å². The summed E-state index contributed by atoms with van der Waals surface area (Å²) in [5, 5.41) is 15.0. The first-order valence-corrected chi connectivity index (χ1v) is 7.14. The second-order valence-corrected chi connectivity index (χ2v) is 4.83. The molecule has 0 aliphatic heterocycles. The molecule has 1 amide bonds. The van der Waals surface area contributed by atoms with Crippen molar-refractivity contribution in [2.24, 2.45) is 5.92 Å². The summed E-state index contributed by atoms with van der Waals surface area (Å²) in [5.41, 5.74) is 7.92. The Balaban J connectivity index is 2.66. The Labute approximate surface area is 120 Å². The number of nitrogen functional groups attached to an aromatic ring is 1. The van der Waals surface area contributed by atoms with Gasteiger partial charge in [-0.15, -0.1) is 0 Å². The number of rotatable bonds is 8. The third-order valence-electron chi connectivity index (χ3n) is 3.35. The number of hydrogen-bond acceptors (Lipinski definition) is 4. The second kappa shape index (κ2) is 8.43. The van der Waals surface area contributed by atoms with E-state index < -0.39 is 0 Å². The predicted molar refractivity (Wildman–Crippen MR) is 82.8 cm³/mol. The molecule has 5 heteroatoms. The quantitative estimate of drug-likeness (QED) is 0.547. The van der Waals surface area contributed by atoms with Crippen molar-refractivity contribution in [3.05, 3.63) is 23.8 Å². The Morgan fingerprint density at radius 2 is 2.15 bits per heavy atom. The van der Waals surface area contributed by atoms with Crippen molar-refractivity contribution >= 4 is 17.3 Å².